The van der Waals surface area contributed by atoms with Gasteiger partial charge in [0.1, 0.15) is 5.69 Å². The first kappa shape index (κ1) is 11.0. The number of nitrogens with zero attached hydrogens (tertiary/aromatic N) is 2. The number of nitrogens with two attached hydrogens (primary N) is 1. The molecule has 0 aliphatic rings. The Bertz CT molecular complexity index is 602. The fourth-order valence-corrected chi connectivity index (χ4v) is 2.84. The van der Waals surface area contributed by atoms with E-state index in [1.807, 2.05) is 0 Å². The Labute approximate surface area is 97.0 Å². The lowest BCUT2D eigenvalue weighted by Crippen LogP contribution is -1.96. The number of nitrogen functional groups attached to an aromatic ring is 1. The normalized spacial score (nSPS) is 11.6. The molecule has 1 aromatic carbocycles. The molecule has 0 aliphatic carbocycles. The van der Waals surface area contributed by atoms with E-state index in [1.54, 1.807) is 24.3 Å². The van der Waals surface area contributed by atoms with E-state index < -0.39 is 9.84 Å². The lowest BCUT2D eigenvalue weighted by molar-refractivity contribution is 0.604. The van der Waals surface area contributed by atoms with Crippen LogP contribution in [-0.4, -0.2) is 24.3 Å². The van der Waals surface area contributed by atoms with Crippen molar-refractivity contribution in [1.29, 1.82) is 0 Å². The highest BCUT2D eigenvalue weighted by Crippen LogP contribution is 2.28. The summed E-state index contributed by atoms with van der Waals surface area (Å²) >= 11 is 0.875. The van der Waals surface area contributed by atoms with Gasteiger partial charge in [-0.05, 0) is 12.1 Å². The summed E-state index contributed by atoms with van der Waals surface area (Å²) in [6, 6.07) is 6.84. The van der Waals surface area contributed by atoms with Crippen molar-refractivity contribution in [2.75, 3.05) is 12.0 Å². The molecule has 16 heavy (non-hydrogen) atoms. The smallest absolute Gasteiger partial charge is 0.188 e. The summed E-state index contributed by atoms with van der Waals surface area (Å²) in [6.07, 6.45) is 1.14. The zero-order valence-corrected chi connectivity index (χ0v) is 10.0. The quantitative estimate of drug-likeness (QED) is 0.815. The highest BCUT2D eigenvalue weighted by Gasteiger charge is 2.19. The molecule has 84 valence electrons. The van der Waals surface area contributed by atoms with E-state index in [4.69, 9.17) is 5.73 Å². The van der Waals surface area contributed by atoms with Crippen LogP contribution in [0.3, 0.4) is 0 Å². The van der Waals surface area contributed by atoms with Crippen LogP contribution in [0.2, 0.25) is 0 Å². The maximum atomic E-state index is 11.5. The van der Waals surface area contributed by atoms with Gasteiger partial charge in [0.2, 0.25) is 0 Å². The van der Waals surface area contributed by atoms with Gasteiger partial charge in [0.05, 0.1) is 0 Å². The number of hydrogen-bond acceptors (Lipinski definition) is 6. The molecule has 0 spiro atoms. The monoisotopic (exact) mass is 255 g/mol. The van der Waals surface area contributed by atoms with Crippen molar-refractivity contribution in [3.8, 4) is 11.3 Å². The molecule has 0 amide bonds. The predicted octanol–water partition coefficient (Wildman–Crippen LogP) is 1.19. The topological polar surface area (TPSA) is 85.9 Å². The zero-order valence-electron chi connectivity index (χ0n) is 8.41. The molecular formula is C9H9N3O2S2. The van der Waals surface area contributed by atoms with E-state index in [0.717, 1.165) is 17.8 Å². The summed E-state index contributed by atoms with van der Waals surface area (Å²) < 4.78 is 26.8. The van der Waals surface area contributed by atoms with Gasteiger partial charge in [-0.1, -0.05) is 16.6 Å². The fraction of sp³-hybridized carbons (Fsp3) is 0.111. The third-order valence-electron chi connectivity index (χ3n) is 1.98. The SMILES string of the molecule is CS(=O)(=O)c1snnc1-c1ccc(N)cc1. The molecular weight excluding hydrogens is 246 g/mol. The van der Waals surface area contributed by atoms with Gasteiger partial charge >= 0.3 is 0 Å². The summed E-state index contributed by atoms with van der Waals surface area (Å²) in [6.45, 7) is 0. The lowest BCUT2D eigenvalue weighted by Gasteiger charge is -1.99. The number of sulfone groups is 1. The summed E-state index contributed by atoms with van der Waals surface area (Å²) in [5.74, 6) is 0. The number of benzene rings is 1. The minimum absolute atomic E-state index is 0.178. The van der Waals surface area contributed by atoms with Gasteiger partial charge in [0, 0.05) is 29.0 Å². The molecule has 0 unspecified atom stereocenters. The van der Waals surface area contributed by atoms with Crippen LogP contribution in [0.4, 0.5) is 5.69 Å². The molecule has 1 heterocycles. The van der Waals surface area contributed by atoms with Crippen LogP contribution in [0.1, 0.15) is 0 Å². The minimum Gasteiger partial charge on any atom is -0.399 e. The Hall–Kier alpha value is -1.47. The maximum absolute atomic E-state index is 11.5. The standard InChI is InChI=1S/C9H9N3O2S2/c1-16(13,14)9-8(11-12-15-9)6-2-4-7(10)5-3-6/h2-5H,10H2,1H3. The highest BCUT2D eigenvalue weighted by molar-refractivity contribution is 7.92. The maximum Gasteiger partial charge on any atom is 0.188 e. The molecule has 0 saturated heterocycles. The van der Waals surface area contributed by atoms with Gasteiger partial charge in [0.25, 0.3) is 0 Å². The van der Waals surface area contributed by atoms with E-state index >= 15 is 0 Å². The van der Waals surface area contributed by atoms with Crippen LogP contribution in [0.15, 0.2) is 28.5 Å². The van der Waals surface area contributed by atoms with E-state index in [0.29, 0.717) is 16.9 Å². The van der Waals surface area contributed by atoms with Crippen LogP contribution < -0.4 is 5.73 Å². The van der Waals surface area contributed by atoms with Crippen LogP contribution in [0.5, 0.6) is 0 Å². The molecule has 2 N–H and O–H groups in total. The first-order valence-electron chi connectivity index (χ1n) is 4.37. The Kier molecular flexibility index (Phi) is 2.64. The number of anilines is 1. The largest absolute Gasteiger partial charge is 0.399 e. The Morgan fingerprint density at radius 1 is 1.25 bits per heavy atom. The molecule has 2 aromatic rings. The van der Waals surface area contributed by atoms with E-state index in [2.05, 4.69) is 9.59 Å². The third kappa shape index (κ3) is 2.05. The minimum atomic E-state index is -3.29. The summed E-state index contributed by atoms with van der Waals surface area (Å²) in [5, 5.41) is 3.83. The molecule has 0 bridgehead atoms. The summed E-state index contributed by atoms with van der Waals surface area (Å²) in [7, 11) is -3.29. The van der Waals surface area contributed by atoms with E-state index in [1.165, 1.54) is 0 Å². The lowest BCUT2D eigenvalue weighted by atomic mass is 10.2. The van der Waals surface area contributed by atoms with E-state index in [9.17, 15) is 8.42 Å². The average molecular weight is 255 g/mol. The molecule has 7 heteroatoms. The number of aromatic nitrogens is 2. The molecule has 0 fully saturated rings. The van der Waals surface area contributed by atoms with Gasteiger partial charge in [-0.3, -0.25) is 0 Å². The zero-order chi connectivity index (χ0) is 11.8. The molecule has 0 radical (unpaired) electrons. The second kappa shape index (κ2) is 3.84. The summed E-state index contributed by atoms with van der Waals surface area (Å²) in [5.41, 5.74) is 7.25. The molecule has 0 saturated carbocycles. The van der Waals surface area contributed by atoms with Crippen LogP contribution in [0.25, 0.3) is 11.3 Å². The number of rotatable bonds is 2. The molecule has 2 rings (SSSR count). The van der Waals surface area contributed by atoms with Crippen molar-refractivity contribution in [3.05, 3.63) is 24.3 Å². The van der Waals surface area contributed by atoms with Crippen molar-refractivity contribution in [2.45, 2.75) is 4.21 Å². The Morgan fingerprint density at radius 3 is 2.44 bits per heavy atom. The van der Waals surface area contributed by atoms with Crippen LogP contribution in [0, 0.1) is 0 Å². The van der Waals surface area contributed by atoms with Gasteiger partial charge in [0.15, 0.2) is 14.0 Å². The van der Waals surface area contributed by atoms with Crippen molar-refractivity contribution in [2.24, 2.45) is 0 Å². The first-order valence-corrected chi connectivity index (χ1v) is 7.03. The second-order valence-corrected chi connectivity index (χ2v) is 6.27. The highest BCUT2D eigenvalue weighted by atomic mass is 32.2. The fourth-order valence-electron chi connectivity index (χ4n) is 1.24. The van der Waals surface area contributed by atoms with Crippen molar-refractivity contribution in [1.82, 2.24) is 9.59 Å². The Balaban J connectivity index is 2.58. The van der Waals surface area contributed by atoms with Crippen LogP contribution >= 0.6 is 11.5 Å². The summed E-state index contributed by atoms with van der Waals surface area (Å²) in [4.78, 5) is 0. The van der Waals surface area contributed by atoms with Gasteiger partial charge in [-0.2, -0.15) is 0 Å². The molecule has 0 aliphatic heterocycles. The van der Waals surface area contributed by atoms with Crippen molar-refractivity contribution >= 4 is 27.1 Å². The molecule has 5 nitrogen and oxygen atoms in total. The van der Waals surface area contributed by atoms with Crippen molar-refractivity contribution < 1.29 is 8.42 Å². The van der Waals surface area contributed by atoms with Gasteiger partial charge < -0.3 is 5.73 Å². The second-order valence-electron chi connectivity index (χ2n) is 3.30. The molecule has 0 atom stereocenters. The van der Waals surface area contributed by atoms with Gasteiger partial charge in [-0.15, -0.1) is 5.10 Å². The van der Waals surface area contributed by atoms with Crippen molar-refractivity contribution in [3.63, 3.8) is 0 Å². The predicted molar refractivity (Wildman–Crippen MR) is 62.9 cm³/mol. The molecule has 1 aromatic heterocycles. The number of hydrogen-bond donors (Lipinski definition) is 1. The third-order valence-corrected chi connectivity index (χ3v) is 4.50. The Morgan fingerprint density at radius 2 is 1.88 bits per heavy atom. The van der Waals surface area contributed by atoms with Crippen LogP contribution in [-0.2, 0) is 9.84 Å². The van der Waals surface area contributed by atoms with E-state index in [-0.39, 0.29) is 4.21 Å². The first-order chi connectivity index (χ1) is 7.48. The van der Waals surface area contributed by atoms with Gasteiger partial charge in [-0.25, -0.2) is 8.42 Å². The average Bonchev–Trinajstić information content (AvgIpc) is 2.66.